The van der Waals surface area contributed by atoms with E-state index >= 15 is 0 Å². The van der Waals surface area contributed by atoms with E-state index in [-0.39, 0.29) is 11.3 Å². The Morgan fingerprint density at radius 2 is 1.69 bits per heavy atom. The number of aliphatic hydroxyl groups is 1. The highest BCUT2D eigenvalue weighted by Gasteiger charge is 2.47. The fourth-order valence-corrected chi connectivity index (χ4v) is 4.50. The van der Waals surface area contributed by atoms with Crippen molar-refractivity contribution >= 4 is 34.5 Å². The number of hydrogen-bond acceptors (Lipinski definition) is 4. The van der Waals surface area contributed by atoms with E-state index in [1.807, 2.05) is 74.7 Å². The van der Waals surface area contributed by atoms with Crippen LogP contribution < -0.4 is 4.90 Å². The molecule has 0 saturated carbocycles. The Morgan fingerprint density at radius 1 is 0.931 bits per heavy atom. The molecular weight excluding hydrogens is 382 g/mol. The highest BCUT2D eigenvalue weighted by atomic mass is 32.1. The number of nitrogens with zero attached hydrogens (tertiary/aromatic N) is 1. The van der Waals surface area contributed by atoms with Gasteiger partial charge in [0.2, 0.25) is 0 Å². The van der Waals surface area contributed by atoms with Gasteiger partial charge in [-0.2, -0.15) is 0 Å². The number of rotatable bonds is 3. The molecule has 1 unspecified atom stereocenters. The molecule has 1 atom stereocenters. The van der Waals surface area contributed by atoms with Gasteiger partial charge in [0.1, 0.15) is 11.8 Å². The summed E-state index contributed by atoms with van der Waals surface area (Å²) in [6.45, 7) is 5.85. The maximum Gasteiger partial charge on any atom is 0.300 e. The van der Waals surface area contributed by atoms with Crippen molar-refractivity contribution in [1.82, 2.24) is 0 Å². The smallest absolute Gasteiger partial charge is 0.300 e. The van der Waals surface area contributed by atoms with Gasteiger partial charge >= 0.3 is 0 Å². The molecule has 4 nitrogen and oxygen atoms in total. The molecule has 3 aromatic rings. The normalized spacial score (nSPS) is 18.4. The third-order valence-corrected chi connectivity index (χ3v) is 6.34. The van der Waals surface area contributed by atoms with Crippen LogP contribution in [0, 0.1) is 20.8 Å². The quantitative estimate of drug-likeness (QED) is 0.367. The zero-order valence-electron chi connectivity index (χ0n) is 16.5. The molecule has 0 spiro atoms. The van der Waals surface area contributed by atoms with Gasteiger partial charge in [-0.3, -0.25) is 14.5 Å². The van der Waals surface area contributed by atoms with Gasteiger partial charge < -0.3 is 5.11 Å². The van der Waals surface area contributed by atoms with Crippen LogP contribution in [0.1, 0.15) is 33.2 Å². The number of anilines is 1. The summed E-state index contributed by atoms with van der Waals surface area (Å²) < 4.78 is 0. The standard InChI is InChI=1S/C24H21NO3S/c1-14-10-11-17(13-16(14)3)22(26)20-21(19-9-6-12-29-19)25(24(28)23(20)27)18-8-5-4-7-15(18)2/h4-13,21,26H,1-3H3/b22-20-. The van der Waals surface area contributed by atoms with Crippen molar-refractivity contribution in [3.8, 4) is 0 Å². The van der Waals surface area contributed by atoms with Gasteiger partial charge in [0.15, 0.2) is 0 Å². The molecule has 1 N–H and O–H groups in total. The number of aryl methyl sites for hydroxylation is 3. The number of para-hydroxylation sites is 1. The van der Waals surface area contributed by atoms with E-state index in [1.54, 1.807) is 6.07 Å². The lowest BCUT2D eigenvalue weighted by Crippen LogP contribution is -2.29. The Hall–Kier alpha value is -3.18. The fraction of sp³-hybridized carbons (Fsp3) is 0.167. The Bertz CT molecular complexity index is 1140. The van der Waals surface area contributed by atoms with Crippen LogP contribution in [-0.4, -0.2) is 16.8 Å². The molecule has 1 aliphatic heterocycles. The number of hydrogen-bond donors (Lipinski definition) is 1. The first-order chi connectivity index (χ1) is 13.9. The average molecular weight is 404 g/mol. The van der Waals surface area contributed by atoms with Crippen molar-refractivity contribution in [2.45, 2.75) is 26.8 Å². The number of benzene rings is 2. The van der Waals surface area contributed by atoms with Gasteiger partial charge in [0.25, 0.3) is 11.7 Å². The molecule has 146 valence electrons. The maximum atomic E-state index is 13.1. The van der Waals surface area contributed by atoms with E-state index in [0.29, 0.717) is 11.3 Å². The number of Topliss-reactive ketones (excluding diaryl/α,β-unsaturated/α-hetero) is 1. The second kappa shape index (κ2) is 7.33. The first-order valence-electron chi connectivity index (χ1n) is 9.38. The summed E-state index contributed by atoms with van der Waals surface area (Å²) in [7, 11) is 0. The lowest BCUT2D eigenvalue weighted by molar-refractivity contribution is -0.132. The molecule has 0 bridgehead atoms. The van der Waals surface area contributed by atoms with Crippen molar-refractivity contribution in [3.05, 3.63) is 92.7 Å². The van der Waals surface area contributed by atoms with Gasteiger partial charge in [-0.1, -0.05) is 36.4 Å². The molecule has 2 aromatic carbocycles. The predicted octanol–water partition coefficient (Wildman–Crippen LogP) is 5.30. The molecule has 1 fully saturated rings. The van der Waals surface area contributed by atoms with Crippen molar-refractivity contribution in [2.24, 2.45) is 0 Å². The van der Waals surface area contributed by atoms with Crippen molar-refractivity contribution in [2.75, 3.05) is 4.90 Å². The lowest BCUT2D eigenvalue weighted by Gasteiger charge is -2.25. The second-order valence-electron chi connectivity index (χ2n) is 7.27. The Balaban J connectivity index is 1.95. The number of ketones is 1. The minimum absolute atomic E-state index is 0.129. The number of amides is 1. The van der Waals surface area contributed by atoms with Gasteiger partial charge in [-0.25, -0.2) is 0 Å². The average Bonchev–Trinajstić information content (AvgIpc) is 3.32. The number of carbonyl (C=O) groups excluding carboxylic acids is 2. The SMILES string of the molecule is Cc1ccc(/C(O)=C2/C(=O)C(=O)N(c3ccccc3C)C2c2cccs2)cc1C. The van der Waals surface area contributed by atoms with Gasteiger partial charge in [-0.05, 0) is 61.0 Å². The van der Waals surface area contributed by atoms with E-state index in [2.05, 4.69) is 0 Å². The third kappa shape index (κ3) is 3.17. The van der Waals surface area contributed by atoms with Gasteiger partial charge in [0.05, 0.1) is 5.57 Å². The van der Waals surface area contributed by atoms with Gasteiger partial charge in [-0.15, -0.1) is 11.3 Å². The molecular formula is C24H21NO3S. The van der Waals surface area contributed by atoms with Crippen molar-refractivity contribution in [3.63, 3.8) is 0 Å². The number of aliphatic hydroxyl groups excluding tert-OH is 1. The van der Waals surface area contributed by atoms with Crippen molar-refractivity contribution in [1.29, 1.82) is 0 Å². The monoisotopic (exact) mass is 403 g/mol. The second-order valence-corrected chi connectivity index (χ2v) is 8.25. The molecule has 2 heterocycles. The molecule has 0 aliphatic carbocycles. The number of thiophene rings is 1. The van der Waals surface area contributed by atoms with E-state index in [0.717, 1.165) is 21.6 Å². The molecule has 1 aliphatic rings. The third-order valence-electron chi connectivity index (χ3n) is 5.41. The lowest BCUT2D eigenvalue weighted by atomic mass is 9.97. The Labute approximate surface area is 173 Å². The molecule has 5 heteroatoms. The summed E-state index contributed by atoms with van der Waals surface area (Å²) in [6, 6.07) is 16.1. The summed E-state index contributed by atoms with van der Waals surface area (Å²) in [5.74, 6) is -1.42. The first kappa shape index (κ1) is 19.2. The summed E-state index contributed by atoms with van der Waals surface area (Å²) in [5, 5.41) is 13.0. The van der Waals surface area contributed by atoms with Crippen LogP contribution in [0.25, 0.3) is 5.76 Å². The zero-order valence-corrected chi connectivity index (χ0v) is 17.3. The van der Waals surface area contributed by atoms with E-state index in [4.69, 9.17) is 0 Å². The summed E-state index contributed by atoms with van der Waals surface area (Å²) in [5.41, 5.74) is 4.34. The maximum absolute atomic E-state index is 13.1. The topological polar surface area (TPSA) is 57.6 Å². The van der Waals surface area contributed by atoms with Crippen LogP contribution in [0.2, 0.25) is 0 Å². The van der Waals surface area contributed by atoms with Crippen molar-refractivity contribution < 1.29 is 14.7 Å². The first-order valence-corrected chi connectivity index (χ1v) is 10.3. The van der Waals surface area contributed by atoms with E-state index < -0.39 is 17.7 Å². The van der Waals surface area contributed by atoms with Gasteiger partial charge in [0, 0.05) is 16.1 Å². The minimum atomic E-state index is -0.664. The summed E-state index contributed by atoms with van der Waals surface area (Å²) >= 11 is 1.46. The molecule has 29 heavy (non-hydrogen) atoms. The number of carbonyl (C=O) groups is 2. The minimum Gasteiger partial charge on any atom is -0.507 e. The summed E-state index contributed by atoms with van der Waals surface area (Å²) in [4.78, 5) is 28.5. The van der Waals surface area contributed by atoms with Crippen LogP contribution in [-0.2, 0) is 9.59 Å². The van der Waals surface area contributed by atoms with E-state index in [1.165, 1.54) is 16.2 Å². The zero-order chi connectivity index (χ0) is 20.7. The largest absolute Gasteiger partial charge is 0.507 e. The van der Waals surface area contributed by atoms with Crippen LogP contribution >= 0.6 is 11.3 Å². The van der Waals surface area contributed by atoms with Crippen LogP contribution in [0.15, 0.2) is 65.6 Å². The van der Waals surface area contributed by atoms with E-state index in [9.17, 15) is 14.7 Å². The Morgan fingerprint density at radius 3 is 2.34 bits per heavy atom. The van der Waals surface area contributed by atoms with Crippen LogP contribution in [0.5, 0.6) is 0 Å². The molecule has 4 rings (SSSR count). The highest BCUT2D eigenvalue weighted by Crippen LogP contribution is 2.44. The molecule has 1 aromatic heterocycles. The predicted molar refractivity (Wildman–Crippen MR) is 116 cm³/mol. The van der Waals surface area contributed by atoms with Crippen LogP contribution in [0.4, 0.5) is 5.69 Å². The fourth-order valence-electron chi connectivity index (χ4n) is 3.67. The van der Waals surface area contributed by atoms with Crippen LogP contribution in [0.3, 0.4) is 0 Å². The molecule has 1 amide bonds. The molecule has 1 saturated heterocycles. The summed E-state index contributed by atoms with van der Waals surface area (Å²) in [6.07, 6.45) is 0. The molecule has 0 radical (unpaired) electrons. The highest BCUT2D eigenvalue weighted by molar-refractivity contribution is 7.10. The Kier molecular flexibility index (Phi) is 4.84.